The zero-order chi connectivity index (χ0) is 18.7. The van der Waals surface area contributed by atoms with Crippen LogP contribution >= 0.6 is 0 Å². The Kier molecular flexibility index (Phi) is 5.03. The highest BCUT2D eigenvalue weighted by Crippen LogP contribution is 2.37. The molecule has 132 valence electrons. The molecule has 4 heteroatoms. The predicted molar refractivity (Wildman–Crippen MR) is 101 cm³/mol. The predicted octanol–water partition coefficient (Wildman–Crippen LogP) is 4.25. The standard InChI is InChI=1S/C22H20O4/c1-4-25-21(23)13-19-18-11-15(3)8-9-16(18)12-20(19)22(24)26-17-7-5-6-14(2)10-17/h5-13H,4H2,1-3H3/b19-13+. The Labute approximate surface area is 152 Å². The Balaban J connectivity index is 1.96. The van der Waals surface area contributed by atoms with E-state index in [9.17, 15) is 9.59 Å². The topological polar surface area (TPSA) is 52.6 Å². The molecule has 0 bridgehead atoms. The van der Waals surface area contributed by atoms with Crippen molar-refractivity contribution in [2.75, 3.05) is 6.61 Å². The van der Waals surface area contributed by atoms with Gasteiger partial charge >= 0.3 is 11.9 Å². The Morgan fingerprint density at radius 1 is 1.04 bits per heavy atom. The maximum Gasteiger partial charge on any atom is 0.344 e. The van der Waals surface area contributed by atoms with E-state index in [1.807, 2.05) is 44.2 Å². The molecule has 2 aromatic carbocycles. The van der Waals surface area contributed by atoms with Crippen LogP contribution in [0.5, 0.6) is 5.75 Å². The third kappa shape index (κ3) is 3.75. The fraction of sp³-hybridized carbons (Fsp3) is 0.182. The molecule has 0 heterocycles. The quantitative estimate of drug-likeness (QED) is 0.471. The van der Waals surface area contributed by atoms with Gasteiger partial charge in [0, 0.05) is 11.6 Å². The summed E-state index contributed by atoms with van der Waals surface area (Å²) >= 11 is 0. The Bertz CT molecular complexity index is 935. The van der Waals surface area contributed by atoms with Gasteiger partial charge in [-0.05, 0) is 55.7 Å². The lowest BCUT2D eigenvalue weighted by molar-refractivity contribution is -0.137. The van der Waals surface area contributed by atoms with Crippen molar-refractivity contribution in [1.29, 1.82) is 0 Å². The summed E-state index contributed by atoms with van der Waals surface area (Å²) in [6.07, 6.45) is 3.11. The molecule has 0 atom stereocenters. The molecule has 0 spiro atoms. The lowest BCUT2D eigenvalue weighted by Gasteiger charge is -2.09. The van der Waals surface area contributed by atoms with Crippen LogP contribution < -0.4 is 4.74 Å². The van der Waals surface area contributed by atoms with E-state index in [4.69, 9.17) is 9.47 Å². The number of esters is 2. The van der Waals surface area contributed by atoms with Crippen LogP contribution in [-0.4, -0.2) is 18.5 Å². The Morgan fingerprint density at radius 3 is 2.54 bits per heavy atom. The minimum absolute atomic E-state index is 0.274. The zero-order valence-electron chi connectivity index (χ0n) is 15.0. The molecule has 2 aromatic rings. The first-order valence-corrected chi connectivity index (χ1v) is 8.48. The summed E-state index contributed by atoms with van der Waals surface area (Å²) in [5.74, 6) is -0.510. The highest BCUT2D eigenvalue weighted by atomic mass is 16.5. The molecule has 4 nitrogen and oxygen atoms in total. The van der Waals surface area contributed by atoms with E-state index in [-0.39, 0.29) is 6.61 Å². The molecule has 3 rings (SSSR count). The number of fused-ring (bicyclic) bond motifs is 1. The Morgan fingerprint density at radius 2 is 1.81 bits per heavy atom. The molecule has 1 aliphatic carbocycles. The van der Waals surface area contributed by atoms with Gasteiger partial charge in [-0.1, -0.05) is 35.9 Å². The van der Waals surface area contributed by atoms with Gasteiger partial charge in [-0.3, -0.25) is 0 Å². The van der Waals surface area contributed by atoms with Gasteiger partial charge in [0.05, 0.1) is 12.2 Å². The molecule has 0 saturated heterocycles. The maximum absolute atomic E-state index is 12.7. The van der Waals surface area contributed by atoms with Crippen molar-refractivity contribution in [3.8, 4) is 5.75 Å². The van der Waals surface area contributed by atoms with Crippen molar-refractivity contribution < 1.29 is 19.1 Å². The SMILES string of the molecule is CCOC(=O)/C=C1/C(C(=O)Oc2cccc(C)c2)=Cc2ccc(C)cc21. The van der Waals surface area contributed by atoms with Crippen molar-refractivity contribution in [3.63, 3.8) is 0 Å². The molecule has 0 aliphatic heterocycles. The summed E-state index contributed by atoms with van der Waals surface area (Å²) < 4.78 is 10.5. The van der Waals surface area contributed by atoms with E-state index in [0.29, 0.717) is 16.9 Å². The van der Waals surface area contributed by atoms with Crippen LogP contribution in [0.25, 0.3) is 11.6 Å². The van der Waals surface area contributed by atoms with Crippen molar-refractivity contribution in [3.05, 3.63) is 76.4 Å². The second-order valence-corrected chi connectivity index (χ2v) is 6.16. The van der Waals surface area contributed by atoms with E-state index in [0.717, 1.165) is 22.3 Å². The first kappa shape index (κ1) is 17.7. The van der Waals surface area contributed by atoms with Crippen molar-refractivity contribution in [1.82, 2.24) is 0 Å². The molecule has 0 radical (unpaired) electrons. The van der Waals surface area contributed by atoms with E-state index in [1.165, 1.54) is 6.08 Å². The highest BCUT2D eigenvalue weighted by molar-refractivity contribution is 6.18. The molecule has 0 aromatic heterocycles. The molecule has 1 aliphatic rings. The molecule has 0 unspecified atom stereocenters. The van der Waals surface area contributed by atoms with Gasteiger partial charge in [0.2, 0.25) is 0 Å². The minimum Gasteiger partial charge on any atom is -0.463 e. The molecule has 0 saturated carbocycles. The van der Waals surface area contributed by atoms with Gasteiger partial charge in [-0.2, -0.15) is 0 Å². The molecule has 0 amide bonds. The summed E-state index contributed by atoms with van der Waals surface area (Å²) in [6.45, 7) is 5.91. The van der Waals surface area contributed by atoms with Crippen LogP contribution in [0.3, 0.4) is 0 Å². The van der Waals surface area contributed by atoms with Gasteiger partial charge < -0.3 is 9.47 Å². The van der Waals surface area contributed by atoms with Crippen molar-refractivity contribution >= 4 is 23.6 Å². The summed E-state index contributed by atoms with van der Waals surface area (Å²) in [5, 5.41) is 0. The Hall–Kier alpha value is -3.14. The highest BCUT2D eigenvalue weighted by Gasteiger charge is 2.27. The largest absolute Gasteiger partial charge is 0.463 e. The molecule has 26 heavy (non-hydrogen) atoms. The van der Waals surface area contributed by atoms with Crippen LogP contribution in [0.1, 0.15) is 29.2 Å². The lowest BCUT2D eigenvalue weighted by atomic mass is 10.0. The van der Waals surface area contributed by atoms with Gasteiger partial charge in [0.1, 0.15) is 5.75 Å². The number of aryl methyl sites for hydroxylation is 2. The van der Waals surface area contributed by atoms with E-state index in [2.05, 4.69) is 0 Å². The first-order valence-electron chi connectivity index (χ1n) is 8.48. The van der Waals surface area contributed by atoms with Gasteiger partial charge in [-0.15, -0.1) is 0 Å². The number of ether oxygens (including phenoxy) is 2. The minimum atomic E-state index is -0.500. The van der Waals surface area contributed by atoms with E-state index < -0.39 is 11.9 Å². The van der Waals surface area contributed by atoms with E-state index in [1.54, 1.807) is 25.1 Å². The number of benzene rings is 2. The summed E-state index contributed by atoms with van der Waals surface area (Å²) in [4.78, 5) is 24.7. The second kappa shape index (κ2) is 7.40. The van der Waals surface area contributed by atoms with Gasteiger partial charge in [-0.25, -0.2) is 9.59 Å². The number of rotatable bonds is 4. The van der Waals surface area contributed by atoms with Crippen LogP contribution in [0, 0.1) is 13.8 Å². The number of hydrogen-bond acceptors (Lipinski definition) is 4. The third-order valence-electron chi connectivity index (χ3n) is 4.06. The summed E-state index contributed by atoms with van der Waals surface area (Å²) in [6, 6.07) is 13.1. The van der Waals surface area contributed by atoms with Gasteiger partial charge in [0.15, 0.2) is 0 Å². The van der Waals surface area contributed by atoms with Gasteiger partial charge in [0.25, 0.3) is 0 Å². The fourth-order valence-electron chi connectivity index (χ4n) is 2.87. The van der Waals surface area contributed by atoms with Crippen molar-refractivity contribution in [2.45, 2.75) is 20.8 Å². The van der Waals surface area contributed by atoms with Crippen LogP contribution in [-0.2, 0) is 14.3 Å². The zero-order valence-corrected chi connectivity index (χ0v) is 15.0. The monoisotopic (exact) mass is 348 g/mol. The molecular weight excluding hydrogens is 328 g/mol. The van der Waals surface area contributed by atoms with Crippen LogP contribution in [0.2, 0.25) is 0 Å². The lowest BCUT2D eigenvalue weighted by Crippen LogP contribution is -2.12. The van der Waals surface area contributed by atoms with Crippen LogP contribution in [0.15, 0.2) is 54.1 Å². The first-order chi connectivity index (χ1) is 12.5. The number of hydrogen-bond donors (Lipinski definition) is 0. The normalized spacial score (nSPS) is 14.0. The molecule has 0 fully saturated rings. The maximum atomic E-state index is 12.7. The second-order valence-electron chi connectivity index (χ2n) is 6.16. The van der Waals surface area contributed by atoms with Crippen LogP contribution in [0.4, 0.5) is 0 Å². The third-order valence-corrected chi connectivity index (χ3v) is 4.06. The smallest absolute Gasteiger partial charge is 0.344 e. The fourth-order valence-corrected chi connectivity index (χ4v) is 2.87. The molecule has 0 N–H and O–H groups in total. The number of carbonyl (C=O) groups excluding carboxylic acids is 2. The van der Waals surface area contributed by atoms with E-state index >= 15 is 0 Å². The average Bonchev–Trinajstić information content (AvgIpc) is 2.93. The molecular formula is C22H20O4. The number of carbonyl (C=O) groups is 2. The summed E-state index contributed by atoms with van der Waals surface area (Å²) in [5.41, 5.74) is 4.62. The van der Waals surface area contributed by atoms with Crippen molar-refractivity contribution in [2.24, 2.45) is 0 Å². The summed E-state index contributed by atoms with van der Waals surface area (Å²) in [7, 11) is 0. The average molecular weight is 348 g/mol.